The van der Waals surface area contributed by atoms with E-state index >= 15 is 0 Å². The van der Waals surface area contributed by atoms with E-state index in [1.54, 1.807) is 4.90 Å². The molecule has 8 heteroatoms. The molecule has 3 aromatic rings. The largest absolute Gasteiger partial charge is 0.391 e. The summed E-state index contributed by atoms with van der Waals surface area (Å²) in [5.74, 6) is 0.216. The molecule has 2 aromatic heterocycles. The van der Waals surface area contributed by atoms with E-state index in [9.17, 15) is 9.90 Å². The lowest BCUT2D eigenvalue weighted by atomic mass is 10.0. The number of nitrogens with zero attached hydrogens (tertiary/aromatic N) is 4. The van der Waals surface area contributed by atoms with E-state index in [2.05, 4.69) is 25.5 Å². The van der Waals surface area contributed by atoms with Crippen molar-refractivity contribution < 1.29 is 9.90 Å². The summed E-state index contributed by atoms with van der Waals surface area (Å²) in [6.07, 6.45) is 3.08. The summed E-state index contributed by atoms with van der Waals surface area (Å²) in [6, 6.07) is 11.5. The summed E-state index contributed by atoms with van der Waals surface area (Å²) in [7, 11) is 0. The molecule has 2 atom stereocenters. The molecule has 4 rings (SSSR count). The van der Waals surface area contributed by atoms with Crippen molar-refractivity contribution >= 4 is 17.5 Å². The number of aliphatic hydroxyl groups excluding tert-OH is 1. The van der Waals surface area contributed by atoms with Crippen molar-refractivity contribution in [2.45, 2.75) is 19.4 Å². The van der Waals surface area contributed by atoms with Crippen LogP contribution < -0.4 is 5.32 Å². The number of para-hydroxylation sites is 1. The van der Waals surface area contributed by atoms with Crippen molar-refractivity contribution in [1.29, 1.82) is 0 Å². The number of likely N-dealkylation sites (tertiary alicyclic amines) is 1. The molecule has 1 aromatic carbocycles. The Hall–Kier alpha value is -3.26. The molecule has 0 spiro atoms. The molecule has 1 fully saturated rings. The fraction of sp³-hybridized carbons (Fsp3) is 0.300. The molecular weight excluding hydrogens is 356 g/mol. The highest BCUT2D eigenvalue weighted by Crippen LogP contribution is 2.23. The first-order valence-corrected chi connectivity index (χ1v) is 9.21. The van der Waals surface area contributed by atoms with Gasteiger partial charge in [-0.2, -0.15) is 5.10 Å². The first-order chi connectivity index (χ1) is 13.6. The van der Waals surface area contributed by atoms with Crippen molar-refractivity contribution in [2.75, 3.05) is 18.4 Å². The van der Waals surface area contributed by atoms with Gasteiger partial charge in [0.05, 0.1) is 17.4 Å². The lowest BCUT2D eigenvalue weighted by Gasteiger charge is -2.15. The average molecular weight is 378 g/mol. The van der Waals surface area contributed by atoms with E-state index in [1.807, 2.05) is 43.3 Å². The number of rotatable bonds is 5. The first kappa shape index (κ1) is 18.1. The van der Waals surface area contributed by atoms with E-state index in [0.29, 0.717) is 31.0 Å². The molecule has 0 aliphatic carbocycles. The zero-order chi connectivity index (χ0) is 19.5. The summed E-state index contributed by atoms with van der Waals surface area (Å²) in [4.78, 5) is 22.9. The maximum atomic E-state index is 12.8. The summed E-state index contributed by atoms with van der Waals surface area (Å²) in [5, 5.41) is 20.6. The summed E-state index contributed by atoms with van der Waals surface area (Å²) in [6.45, 7) is 2.72. The number of amides is 1. The minimum absolute atomic E-state index is 0.0356. The monoisotopic (exact) mass is 378 g/mol. The molecule has 0 unspecified atom stereocenters. The predicted molar refractivity (Wildman–Crippen MR) is 104 cm³/mol. The van der Waals surface area contributed by atoms with Gasteiger partial charge in [0.2, 0.25) is 5.95 Å². The van der Waals surface area contributed by atoms with Gasteiger partial charge in [-0.05, 0) is 31.5 Å². The van der Waals surface area contributed by atoms with Gasteiger partial charge in [0, 0.05) is 42.8 Å². The molecule has 144 valence electrons. The molecule has 0 saturated carbocycles. The molecule has 3 N–H and O–H groups in total. The van der Waals surface area contributed by atoms with Crippen LogP contribution in [0.5, 0.6) is 0 Å². The van der Waals surface area contributed by atoms with E-state index in [1.165, 1.54) is 12.4 Å². The Kier molecular flexibility index (Phi) is 5.03. The third-order valence-electron chi connectivity index (χ3n) is 4.85. The topological polar surface area (TPSA) is 107 Å². The summed E-state index contributed by atoms with van der Waals surface area (Å²) < 4.78 is 0. The van der Waals surface area contributed by atoms with Gasteiger partial charge >= 0.3 is 0 Å². The highest BCUT2D eigenvalue weighted by atomic mass is 16.3. The van der Waals surface area contributed by atoms with Crippen LogP contribution in [0, 0.1) is 12.8 Å². The van der Waals surface area contributed by atoms with E-state index < -0.39 is 6.10 Å². The van der Waals surface area contributed by atoms with Gasteiger partial charge in [-0.15, -0.1) is 0 Å². The number of β-amino-alcohol motifs (C(OH)–C–C–N with tert-alkyl or cyclic N) is 1. The number of hydrogen-bond donors (Lipinski definition) is 3. The van der Waals surface area contributed by atoms with Crippen molar-refractivity contribution in [3.05, 3.63) is 65.7 Å². The second kappa shape index (κ2) is 7.77. The molecule has 0 bridgehead atoms. The number of aromatic nitrogens is 4. The Morgan fingerprint density at radius 2 is 2.00 bits per heavy atom. The smallest absolute Gasteiger partial charge is 0.257 e. The fourth-order valence-electron chi connectivity index (χ4n) is 3.40. The lowest BCUT2D eigenvalue weighted by Crippen LogP contribution is -2.29. The van der Waals surface area contributed by atoms with Crippen LogP contribution in [0.25, 0.3) is 0 Å². The van der Waals surface area contributed by atoms with E-state index in [0.717, 1.165) is 17.1 Å². The molecule has 1 aliphatic rings. The normalized spacial score (nSPS) is 19.0. The van der Waals surface area contributed by atoms with Crippen molar-refractivity contribution in [1.82, 2.24) is 25.1 Å². The Labute approximate surface area is 162 Å². The number of carbonyl (C=O) groups is 1. The van der Waals surface area contributed by atoms with E-state index in [-0.39, 0.29) is 11.8 Å². The standard InChI is InChI=1S/C20H22N6O2/c1-13-7-17(25-24-13)8-14-11-26(12-18(14)27)19(28)15-9-21-20(22-10-15)23-16-5-3-2-4-6-16/h2-7,9-10,14,18,27H,8,11-12H2,1H3,(H,24,25)(H,21,22,23)/t14-,18+/m1/s1. The highest BCUT2D eigenvalue weighted by molar-refractivity contribution is 5.94. The van der Waals surface area contributed by atoms with Gasteiger partial charge in [0.15, 0.2) is 0 Å². The zero-order valence-corrected chi connectivity index (χ0v) is 15.5. The van der Waals surface area contributed by atoms with Gasteiger partial charge in [0.1, 0.15) is 0 Å². The number of H-pyrrole nitrogens is 1. The van der Waals surface area contributed by atoms with Crippen LogP contribution in [0.4, 0.5) is 11.6 Å². The minimum atomic E-state index is -0.569. The van der Waals surface area contributed by atoms with Crippen LogP contribution in [0.2, 0.25) is 0 Å². The van der Waals surface area contributed by atoms with Crippen LogP contribution >= 0.6 is 0 Å². The Morgan fingerprint density at radius 3 is 2.68 bits per heavy atom. The maximum Gasteiger partial charge on any atom is 0.257 e. The van der Waals surface area contributed by atoms with Gasteiger partial charge in [0.25, 0.3) is 5.91 Å². The summed E-state index contributed by atoms with van der Waals surface area (Å²) in [5.41, 5.74) is 3.16. The number of nitrogens with one attached hydrogen (secondary N) is 2. The Balaban J connectivity index is 1.38. The third-order valence-corrected chi connectivity index (χ3v) is 4.85. The van der Waals surface area contributed by atoms with E-state index in [4.69, 9.17) is 0 Å². The van der Waals surface area contributed by atoms with Gasteiger partial charge in [-0.25, -0.2) is 9.97 Å². The third kappa shape index (κ3) is 4.01. The number of anilines is 2. The number of carbonyl (C=O) groups excluding carboxylic acids is 1. The average Bonchev–Trinajstić information content (AvgIpc) is 3.28. The van der Waals surface area contributed by atoms with Gasteiger partial charge < -0.3 is 15.3 Å². The van der Waals surface area contributed by atoms with Crippen molar-refractivity contribution in [3.8, 4) is 0 Å². The van der Waals surface area contributed by atoms with Crippen LogP contribution in [-0.4, -0.2) is 55.3 Å². The molecule has 8 nitrogen and oxygen atoms in total. The number of hydrogen-bond acceptors (Lipinski definition) is 6. The van der Waals surface area contributed by atoms with Gasteiger partial charge in [-0.1, -0.05) is 18.2 Å². The van der Waals surface area contributed by atoms with Crippen LogP contribution in [0.1, 0.15) is 21.7 Å². The molecule has 0 radical (unpaired) electrons. The highest BCUT2D eigenvalue weighted by Gasteiger charge is 2.35. The zero-order valence-electron chi connectivity index (χ0n) is 15.5. The molecular formula is C20H22N6O2. The molecule has 3 heterocycles. The quantitative estimate of drug-likeness (QED) is 0.626. The van der Waals surface area contributed by atoms with Crippen LogP contribution in [0.15, 0.2) is 48.8 Å². The molecule has 1 saturated heterocycles. The van der Waals surface area contributed by atoms with Gasteiger partial charge in [-0.3, -0.25) is 9.89 Å². The number of aliphatic hydroxyl groups is 1. The Bertz CT molecular complexity index is 941. The first-order valence-electron chi connectivity index (χ1n) is 9.21. The van der Waals surface area contributed by atoms with Crippen LogP contribution in [-0.2, 0) is 6.42 Å². The molecule has 1 amide bonds. The van der Waals surface area contributed by atoms with Crippen molar-refractivity contribution in [3.63, 3.8) is 0 Å². The maximum absolute atomic E-state index is 12.8. The second-order valence-electron chi connectivity index (χ2n) is 7.07. The second-order valence-corrected chi connectivity index (χ2v) is 7.07. The fourth-order valence-corrected chi connectivity index (χ4v) is 3.40. The van der Waals surface area contributed by atoms with Crippen molar-refractivity contribution in [2.24, 2.45) is 5.92 Å². The SMILES string of the molecule is Cc1cc(C[C@@H]2CN(C(=O)c3cnc(Nc4ccccc4)nc3)C[C@@H]2O)n[nH]1. The predicted octanol–water partition coefficient (Wildman–Crippen LogP) is 1.93. The number of aryl methyl sites for hydroxylation is 1. The minimum Gasteiger partial charge on any atom is -0.391 e. The number of benzene rings is 1. The Morgan fingerprint density at radius 1 is 1.25 bits per heavy atom. The lowest BCUT2D eigenvalue weighted by molar-refractivity contribution is 0.0764. The number of aromatic amines is 1. The van der Waals surface area contributed by atoms with Crippen LogP contribution in [0.3, 0.4) is 0 Å². The molecule has 28 heavy (non-hydrogen) atoms. The molecule has 1 aliphatic heterocycles. The summed E-state index contributed by atoms with van der Waals surface area (Å²) >= 11 is 0.